The zero-order chi connectivity index (χ0) is 14.8. The zero-order valence-corrected chi connectivity index (χ0v) is 13.7. The van der Waals surface area contributed by atoms with Crippen LogP contribution in [0.3, 0.4) is 0 Å². The molecule has 0 saturated carbocycles. The van der Waals surface area contributed by atoms with E-state index in [4.69, 9.17) is 4.55 Å². The summed E-state index contributed by atoms with van der Waals surface area (Å²) in [5.74, 6) is 0.288. The van der Waals surface area contributed by atoms with Gasteiger partial charge in [0.05, 0.1) is 0 Å². The highest BCUT2D eigenvalue weighted by molar-refractivity contribution is 8.69. The van der Waals surface area contributed by atoms with E-state index in [2.05, 4.69) is 6.92 Å². The number of hydrogen-bond donors (Lipinski definition) is 1. The van der Waals surface area contributed by atoms with E-state index in [0.29, 0.717) is 10.8 Å². The lowest BCUT2D eigenvalue weighted by molar-refractivity contribution is 0.503. The quantitative estimate of drug-likeness (QED) is 0.388. The van der Waals surface area contributed by atoms with Crippen molar-refractivity contribution in [1.82, 2.24) is 0 Å². The van der Waals surface area contributed by atoms with Gasteiger partial charge in [0, 0.05) is 16.5 Å². The molecule has 0 fully saturated rings. The van der Waals surface area contributed by atoms with Gasteiger partial charge < -0.3 is 0 Å². The Morgan fingerprint density at radius 1 is 0.950 bits per heavy atom. The van der Waals surface area contributed by atoms with Crippen LogP contribution in [0.25, 0.3) is 0 Å². The summed E-state index contributed by atoms with van der Waals surface area (Å²) < 4.78 is 30.0. The third-order valence-electron chi connectivity index (χ3n) is 3.22. The van der Waals surface area contributed by atoms with Crippen molar-refractivity contribution in [3.05, 3.63) is 35.4 Å². The molecule has 0 saturated heterocycles. The molecule has 0 aliphatic heterocycles. The topological polar surface area (TPSA) is 54.4 Å². The summed E-state index contributed by atoms with van der Waals surface area (Å²) in [5, 5.41) is 0. The largest absolute Gasteiger partial charge is 0.320 e. The van der Waals surface area contributed by atoms with Crippen LogP contribution in [0.2, 0.25) is 0 Å². The molecular weight excluding hydrogens is 292 g/mol. The molecule has 0 spiro atoms. The molecule has 0 amide bonds. The number of unbranched alkanes of at least 4 members (excludes halogenated alkanes) is 5. The van der Waals surface area contributed by atoms with Crippen molar-refractivity contribution in [3.8, 4) is 0 Å². The van der Waals surface area contributed by atoms with Gasteiger partial charge in [-0.25, -0.2) is 0 Å². The number of hydrogen-bond acceptors (Lipinski definition) is 3. The number of benzene rings is 1. The molecule has 0 atom stereocenters. The molecule has 5 heteroatoms. The maximum atomic E-state index is 10.6. The monoisotopic (exact) mass is 316 g/mol. The fourth-order valence-corrected chi connectivity index (χ4v) is 3.39. The molecule has 0 radical (unpaired) electrons. The van der Waals surface area contributed by atoms with Gasteiger partial charge in [0.15, 0.2) is 0 Å². The SMILES string of the molecule is CCCCCCCCc1ccc(CSS(=O)(=O)O)cc1. The van der Waals surface area contributed by atoms with E-state index in [0.717, 1.165) is 12.0 Å². The number of rotatable bonds is 10. The second-order valence-corrected chi connectivity index (χ2v) is 8.37. The highest BCUT2D eigenvalue weighted by Crippen LogP contribution is 2.18. The lowest BCUT2D eigenvalue weighted by atomic mass is 10.0. The average Bonchev–Trinajstić information content (AvgIpc) is 2.41. The van der Waals surface area contributed by atoms with Gasteiger partial charge in [-0.15, -0.1) is 0 Å². The molecule has 20 heavy (non-hydrogen) atoms. The fourth-order valence-electron chi connectivity index (χ4n) is 2.05. The van der Waals surface area contributed by atoms with Crippen LogP contribution in [-0.4, -0.2) is 13.0 Å². The Kier molecular flexibility index (Phi) is 8.26. The molecule has 0 aliphatic rings. The molecule has 0 heterocycles. The summed E-state index contributed by atoms with van der Waals surface area (Å²) in [7, 11) is -3.39. The van der Waals surface area contributed by atoms with Crippen molar-refractivity contribution < 1.29 is 13.0 Å². The number of aryl methyl sites for hydroxylation is 1. The second kappa shape index (κ2) is 9.42. The van der Waals surface area contributed by atoms with Gasteiger partial charge in [-0.05, 0) is 24.0 Å². The molecule has 0 aromatic heterocycles. The van der Waals surface area contributed by atoms with Gasteiger partial charge in [-0.3, -0.25) is 4.55 Å². The Morgan fingerprint density at radius 3 is 2.10 bits per heavy atom. The summed E-state index contributed by atoms with van der Waals surface area (Å²) >= 11 is 0. The van der Waals surface area contributed by atoms with E-state index in [1.54, 1.807) is 0 Å². The first-order chi connectivity index (χ1) is 9.51. The molecule has 1 N–H and O–H groups in total. The van der Waals surface area contributed by atoms with Gasteiger partial charge in [-0.2, -0.15) is 8.42 Å². The summed E-state index contributed by atoms with van der Waals surface area (Å²) in [6, 6.07) is 7.97. The first-order valence-corrected chi connectivity index (χ1v) is 10.1. The Morgan fingerprint density at radius 2 is 1.50 bits per heavy atom. The van der Waals surface area contributed by atoms with Crippen molar-refractivity contribution in [2.24, 2.45) is 0 Å². The molecule has 1 aromatic carbocycles. The zero-order valence-electron chi connectivity index (χ0n) is 12.0. The van der Waals surface area contributed by atoms with Crippen LogP contribution in [0.4, 0.5) is 0 Å². The molecule has 0 bridgehead atoms. The maximum Gasteiger partial charge on any atom is 0.320 e. The minimum atomic E-state index is -3.94. The van der Waals surface area contributed by atoms with Gasteiger partial charge in [0.1, 0.15) is 0 Å². The first-order valence-electron chi connectivity index (χ1n) is 7.21. The Bertz CT molecular complexity index is 466. The Hall–Kier alpha value is -0.520. The molecule has 1 rings (SSSR count). The van der Waals surface area contributed by atoms with Gasteiger partial charge in [-0.1, -0.05) is 63.3 Å². The predicted molar refractivity (Wildman–Crippen MR) is 86.4 cm³/mol. The Balaban J connectivity index is 2.25. The molecule has 1 aromatic rings. The van der Waals surface area contributed by atoms with E-state index in [1.807, 2.05) is 24.3 Å². The minimum absolute atomic E-state index is 0.288. The molecule has 0 aliphatic carbocycles. The van der Waals surface area contributed by atoms with Crippen molar-refractivity contribution in [2.75, 3.05) is 0 Å². The minimum Gasteiger partial charge on any atom is -0.277 e. The van der Waals surface area contributed by atoms with Crippen molar-refractivity contribution in [1.29, 1.82) is 0 Å². The second-order valence-electron chi connectivity index (χ2n) is 5.02. The third-order valence-corrected chi connectivity index (χ3v) is 5.21. The van der Waals surface area contributed by atoms with E-state index < -0.39 is 9.15 Å². The Labute approximate surface area is 126 Å². The summed E-state index contributed by atoms with van der Waals surface area (Å²) in [4.78, 5) is 0. The lowest BCUT2D eigenvalue weighted by Crippen LogP contribution is -1.92. The summed E-state index contributed by atoms with van der Waals surface area (Å²) in [5.41, 5.74) is 2.21. The molecule has 114 valence electrons. The van der Waals surface area contributed by atoms with Gasteiger partial charge in [0.2, 0.25) is 0 Å². The van der Waals surface area contributed by atoms with Crippen LogP contribution in [-0.2, 0) is 21.3 Å². The highest BCUT2D eigenvalue weighted by Gasteiger charge is 2.05. The first kappa shape index (κ1) is 17.5. The normalized spacial score (nSPS) is 11.7. The summed E-state index contributed by atoms with van der Waals surface area (Å²) in [6.45, 7) is 2.22. The molecule has 0 unspecified atom stereocenters. The standard InChI is InChI=1S/C15H24O3S2/c1-2-3-4-5-6-7-8-14-9-11-15(12-10-14)13-19-20(16,17)18/h9-12H,2-8,13H2,1H3,(H,16,17,18). The maximum absolute atomic E-state index is 10.6. The van der Waals surface area contributed by atoms with Crippen molar-refractivity contribution in [2.45, 2.75) is 57.6 Å². The fraction of sp³-hybridized carbons (Fsp3) is 0.600. The van der Waals surface area contributed by atoms with Gasteiger partial charge >= 0.3 is 9.15 Å². The summed E-state index contributed by atoms with van der Waals surface area (Å²) in [6.07, 6.45) is 8.84. The van der Waals surface area contributed by atoms with Crippen molar-refractivity contribution in [3.63, 3.8) is 0 Å². The van der Waals surface area contributed by atoms with E-state index >= 15 is 0 Å². The van der Waals surface area contributed by atoms with Crippen molar-refractivity contribution >= 4 is 19.9 Å². The lowest BCUT2D eigenvalue weighted by Gasteiger charge is -2.04. The highest BCUT2D eigenvalue weighted by atomic mass is 33.1. The smallest absolute Gasteiger partial charge is 0.277 e. The van der Waals surface area contributed by atoms with Gasteiger partial charge in [0.25, 0.3) is 0 Å². The average molecular weight is 316 g/mol. The van der Waals surface area contributed by atoms with E-state index in [1.165, 1.54) is 44.1 Å². The van der Waals surface area contributed by atoms with Crippen LogP contribution < -0.4 is 0 Å². The van der Waals surface area contributed by atoms with Crippen LogP contribution in [0.1, 0.15) is 56.6 Å². The van der Waals surface area contributed by atoms with Crippen LogP contribution in [0, 0.1) is 0 Å². The molecular formula is C15H24O3S2. The van der Waals surface area contributed by atoms with E-state index in [-0.39, 0.29) is 5.75 Å². The molecule has 3 nitrogen and oxygen atoms in total. The van der Waals surface area contributed by atoms with Crippen LogP contribution in [0.5, 0.6) is 0 Å². The van der Waals surface area contributed by atoms with E-state index in [9.17, 15) is 8.42 Å². The predicted octanol–water partition coefficient (Wildman–Crippen LogP) is 4.63. The van der Waals surface area contributed by atoms with Crippen LogP contribution >= 0.6 is 10.8 Å². The third kappa shape index (κ3) is 8.61. The van der Waals surface area contributed by atoms with Crippen LogP contribution in [0.15, 0.2) is 24.3 Å².